The first kappa shape index (κ1) is 11.5. The van der Waals surface area contributed by atoms with Gasteiger partial charge in [0.25, 0.3) is 0 Å². The zero-order chi connectivity index (χ0) is 11.3. The number of aliphatic hydroxyl groups is 1. The first-order valence-electron chi connectivity index (χ1n) is 4.88. The van der Waals surface area contributed by atoms with E-state index in [4.69, 9.17) is 5.26 Å². The van der Waals surface area contributed by atoms with Crippen LogP contribution in [-0.4, -0.2) is 22.2 Å². The number of hydrogen-bond donors (Lipinski definition) is 2. The Morgan fingerprint density at radius 1 is 1.67 bits per heavy atom. The van der Waals surface area contributed by atoms with Crippen molar-refractivity contribution >= 4 is 5.69 Å². The minimum absolute atomic E-state index is 0.0171. The van der Waals surface area contributed by atoms with Crippen molar-refractivity contribution in [2.75, 3.05) is 11.9 Å². The Morgan fingerprint density at radius 3 is 2.93 bits per heavy atom. The highest BCUT2D eigenvalue weighted by molar-refractivity contribution is 5.56. The van der Waals surface area contributed by atoms with Gasteiger partial charge in [-0.15, -0.1) is 0 Å². The van der Waals surface area contributed by atoms with E-state index in [0.717, 1.165) is 6.42 Å². The minimum Gasteiger partial charge on any atom is -0.394 e. The molecule has 1 atom stereocenters. The van der Waals surface area contributed by atoms with Crippen molar-refractivity contribution < 1.29 is 5.11 Å². The van der Waals surface area contributed by atoms with Gasteiger partial charge in [0.1, 0.15) is 6.07 Å². The van der Waals surface area contributed by atoms with Gasteiger partial charge in [-0.2, -0.15) is 5.26 Å². The van der Waals surface area contributed by atoms with Crippen LogP contribution >= 0.6 is 0 Å². The van der Waals surface area contributed by atoms with Gasteiger partial charge in [0.2, 0.25) is 0 Å². The number of nitrogens with one attached hydrogen (secondary N) is 1. The van der Waals surface area contributed by atoms with Gasteiger partial charge in [-0.1, -0.05) is 6.92 Å². The van der Waals surface area contributed by atoms with Crippen molar-refractivity contribution in [3.63, 3.8) is 0 Å². The molecular weight excluding hydrogens is 190 g/mol. The summed E-state index contributed by atoms with van der Waals surface area (Å²) in [5, 5.41) is 21.3. The van der Waals surface area contributed by atoms with Crippen LogP contribution in [0.1, 0.15) is 25.8 Å². The number of aliphatic hydroxyl groups excluding tert-OH is 1. The predicted octanol–water partition coefficient (Wildman–Crippen LogP) is 1.53. The first-order chi connectivity index (χ1) is 7.15. The summed E-state index contributed by atoms with van der Waals surface area (Å²) in [7, 11) is 0. The molecular formula is C11H15N3O. The minimum atomic E-state index is -0.408. The molecule has 0 aromatic carbocycles. The summed E-state index contributed by atoms with van der Waals surface area (Å²) in [6.07, 6.45) is 3.94. The van der Waals surface area contributed by atoms with Crippen LogP contribution in [0, 0.1) is 11.3 Å². The molecule has 4 nitrogen and oxygen atoms in total. The van der Waals surface area contributed by atoms with E-state index in [2.05, 4.69) is 16.4 Å². The van der Waals surface area contributed by atoms with Gasteiger partial charge < -0.3 is 10.4 Å². The SMILES string of the molecule is CCC(C)(CO)Nc1cnccc1C#N. The standard InChI is InChI=1S/C11H15N3O/c1-3-11(2,8-15)14-10-7-13-5-4-9(10)6-12/h4-5,7,14-15H,3,8H2,1-2H3. The number of rotatable bonds is 4. The summed E-state index contributed by atoms with van der Waals surface area (Å²) in [5.41, 5.74) is 0.797. The second kappa shape index (κ2) is 4.76. The zero-order valence-electron chi connectivity index (χ0n) is 8.99. The van der Waals surface area contributed by atoms with Crippen LogP contribution in [0.15, 0.2) is 18.5 Å². The molecule has 0 amide bonds. The smallest absolute Gasteiger partial charge is 0.101 e. The molecule has 1 rings (SSSR count). The van der Waals surface area contributed by atoms with Gasteiger partial charge in [-0.05, 0) is 19.4 Å². The highest BCUT2D eigenvalue weighted by Gasteiger charge is 2.21. The number of pyridine rings is 1. The van der Waals surface area contributed by atoms with Gasteiger partial charge in [0.15, 0.2) is 0 Å². The lowest BCUT2D eigenvalue weighted by atomic mass is 9.99. The Bertz CT molecular complexity index is 366. The number of nitrogens with zero attached hydrogens (tertiary/aromatic N) is 2. The van der Waals surface area contributed by atoms with E-state index >= 15 is 0 Å². The summed E-state index contributed by atoms with van der Waals surface area (Å²) in [4.78, 5) is 3.95. The maximum atomic E-state index is 9.24. The van der Waals surface area contributed by atoms with Gasteiger partial charge in [-0.25, -0.2) is 0 Å². The number of hydrogen-bond acceptors (Lipinski definition) is 4. The summed E-state index contributed by atoms with van der Waals surface area (Å²) in [6, 6.07) is 3.73. The summed E-state index contributed by atoms with van der Waals surface area (Å²) < 4.78 is 0. The Kier molecular flexibility index (Phi) is 3.64. The first-order valence-corrected chi connectivity index (χ1v) is 4.88. The molecule has 1 aromatic rings. The molecule has 1 heterocycles. The molecule has 0 aliphatic rings. The molecule has 0 fully saturated rings. The van der Waals surface area contributed by atoms with E-state index < -0.39 is 5.54 Å². The van der Waals surface area contributed by atoms with Crippen molar-refractivity contribution in [3.05, 3.63) is 24.0 Å². The van der Waals surface area contributed by atoms with Crippen molar-refractivity contribution in [2.45, 2.75) is 25.8 Å². The molecule has 0 saturated heterocycles. The largest absolute Gasteiger partial charge is 0.394 e. The van der Waals surface area contributed by atoms with Crippen LogP contribution in [0.3, 0.4) is 0 Å². The van der Waals surface area contributed by atoms with Crippen LogP contribution in [0.2, 0.25) is 0 Å². The van der Waals surface area contributed by atoms with Crippen LogP contribution in [0.5, 0.6) is 0 Å². The number of anilines is 1. The molecule has 80 valence electrons. The summed E-state index contributed by atoms with van der Waals surface area (Å²) >= 11 is 0. The predicted molar refractivity (Wildman–Crippen MR) is 58.4 cm³/mol. The average Bonchev–Trinajstić information content (AvgIpc) is 2.29. The quantitative estimate of drug-likeness (QED) is 0.782. The normalized spacial score (nSPS) is 14.0. The lowest BCUT2D eigenvalue weighted by Gasteiger charge is -2.28. The third kappa shape index (κ3) is 2.67. The van der Waals surface area contributed by atoms with E-state index in [1.54, 1.807) is 18.5 Å². The molecule has 0 saturated carbocycles. The Labute approximate surface area is 89.6 Å². The van der Waals surface area contributed by atoms with Crippen LogP contribution in [-0.2, 0) is 0 Å². The van der Waals surface area contributed by atoms with E-state index in [1.165, 1.54) is 0 Å². The molecule has 1 aromatic heterocycles. The topological polar surface area (TPSA) is 68.9 Å². The monoisotopic (exact) mass is 205 g/mol. The lowest BCUT2D eigenvalue weighted by molar-refractivity contribution is 0.219. The van der Waals surface area contributed by atoms with E-state index in [9.17, 15) is 5.11 Å². The maximum absolute atomic E-state index is 9.24. The van der Waals surface area contributed by atoms with Crippen molar-refractivity contribution in [3.8, 4) is 6.07 Å². The van der Waals surface area contributed by atoms with Gasteiger partial charge in [0.05, 0.1) is 29.6 Å². The molecule has 15 heavy (non-hydrogen) atoms. The fourth-order valence-corrected chi connectivity index (χ4v) is 1.16. The number of nitriles is 1. The zero-order valence-corrected chi connectivity index (χ0v) is 8.99. The van der Waals surface area contributed by atoms with Crippen molar-refractivity contribution in [1.82, 2.24) is 4.98 Å². The molecule has 4 heteroatoms. The van der Waals surface area contributed by atoms with Gasteiger partial charge in [0, 0.05) is 6.20 Å². The second-order valence-corrected chi connectivity index (χ2v) is 3.73. The Balaban J connectivity index is 2.94. The Hall–Kier alpha value is -1.60. The molecule has 0 radical (unpaired) electrons. The van der Waals surface area contributed by atoms with Crippen LogP contribution in [0.25, 0.3) is 0 Å². The summed E-state index contributed by atoms with van der Waals surface area (Å²) in [5.74, 6) is 0. The molecule has 0 spiro atoms. The maximum Gasteiger partial charge on any atom is 0.101 e. The highest BCUT2D eigenvalue weighted by atomic mass is 16.3. The highest BCUT2D eigenvalue weighted by Crippen LogP contribution is 2.20. The third-order valence-electron chi connectivity index (χ3n) is 2.51. The van der Waals surface area contributed by atoms with Crippen molar-refractivity contribution in [1.29, 1.82) is 5.26 Å². The lowest BCUT2D eigenvalue weighted by Crippen LogP contribution is -2.38. The summed E-state index contributed by atoms with van der Waals surface area (Å²) in [6.45, 7) is 3.90. The van der Waals surface area contributed by atoms with Crippen LogP contribution in [0.4, 0.5) is 5.69 Å². The molecule has 0 bridgehead atoms. The van der Waals surface area contributed by atoms with E-state index in [0.29, 0.717) is 11.3 Å². The fourth-order valence-electron chi connectivity index (χ4n) is 1.16. The molecule has 0 aliphatic carbocycles. The van der Waals surface area contributed by atoms with E-state index in [-0.39, 0.29) is 6.61 Å². The second-order valence-electron chi connectivity index (χ2n) is 3.73. The van der Waals surface area contributed by atoms with Crippen molar-refractivity contribution in [2.24, 2.45) is 0 Å². The third-order valence-corrected chi connectivity index (χ3v) is 2.51. The molecule has 2 N–H and O–H groups in total. The Morgan fingerprint density at radius 2 is 2.40 bits per heavy atom. The number of aromatic nitrogens is 1. The average molecular weight is 205 g/mol. The van der Waals surface area contributed by atoms with Crippen LogP contribution < -0.4 is 5.32 Å². The molecule has 0 aliphatic heterocycles. The van der Waals surface area contributed by atoms with Gasteiger partial charge in [-0.3, -0.25) is 4.98 Å². The molecule has 1 unspecified atom stereocenters. The van der Waals surface area contributed by atoms with E-state index in [1.807, 2.05) is 13.8 Å². The van der Waals surface area contributed by atoms with Gasteiger partial charge >= 0.3 is 0 Å². The fraction of sp³-hybridized carbons (Fsp3) is 0.455.